The van der Waals surface area contributed by atoms with Gasteiger partial charge in [-0.05, 0) is 31.7 Å². The Kier molecular flexibility index (Phi) is 5.17. The predicted octanol–water partition coefficient (Wildman–Crippen LogP) is 1.48. The van der Waals surface area contributed by atoms with Crippen LogP contribution in [0.1, 0.15) is 32.6 Å². The van der Waals surface area contributed by atoms with Gasteiger partial charge < -0.3 is 10.2 Å². The maximum Gasteiger partial charge on any atom is 0.268 e. The summed E-state index contributed by atoms with van der Waals surface area (Å²) < 4.78 is 1.59. The summed E-state index contributed by atoms with van der Waals surface area (Å²) in [6, 6.07) is 2.28. The van der Waals surface area contributed by atoms with Crippen LogP contribution in [0, 0.1) is 5.92 Å². The maximum absolute atomic E-state index is 12.0. The molecule has 0 radical (unpaired) electrons. The van der Waals surface area contributed by atoms with Gasteiger partial charge >= 0.3 is 0 Å². The molecule has 5 heteroatoms. The lowest BCUT2D eigenvalue weighted by Crippen LogP contribution is -2.33. The first-order chi connectivity index (χ1) is 9.61. The summed E-state index contributed by atoms with van der Waals surface area (Å²) in [5, 5.41) is 7.83. The Balaban J connectivity index is 1.95. The van der Waals surface area contributed by atoms with Crippen molar-refractivity contribution in [1.82, 2.24) is 15.1 Å². The van der Waals surface area contributed by atoms with Crippen LogP contribution in [-0.4, -0.2) is 36.5 Å². The molecule has 0 aliphatic heterocycles. The Bertz CT molecular complexity index is 483. The van der Waals surface area contributed by atoms with Gasteiger partial charge in [0.2, 0.25) is 0 Å². The lowest BCUT2D eigenvalue weighted by atomic mass is 9.99. The van der Waals surface area contributed by atoms with Crippen molar-refractivity contribution < 1.29 is 0 Å². The van der Waals surface area contributed by atoms with Crippen molar-refractivity contribution in [1.29, 1.82) is 0 Å². The monoisotopic (exact) mass is 278 g/mol. The number of hydrogen-bond acceptors (Lipinski definition) is 4. The molecule has 1 saturated carbocycles. The third-order valence-electron chi connectivity index (χ3n) is 4.21. The topological polar surface area (TPSA) is 50.2 Å². The summed E-state index contributed by atoms with van der Waals surface area (Å²) in [4.78, 5) is 13.9. The van der Waals surface area contributed by atoms with E-state index in [1.165, 1.54) is 19.3 Å². The maximum atomic E-state index is 12.0. The number of aromatic nitrogens is 2. The number of anilines is 1. The summed E-state index contributed by atoms with van der Waals surface area (Å²) in [6.45, 7) is 3.90. The first-order valence-corrected chi connectivity index (χ1v) is 7.59. The largest absolute Gasteiger partial charge is 0.376 e. The van der Waals surface area contributed by atoms with E-state index in [1.54, 1.807) is 16.9 Å². The molecule has 20 heavy (non-hydrogen) atoms. The van der Waals surface area contributed by atoms with E-state index in [0.29, 0.717) is 12.0 Å². The Hall–Kier alpha value is -1.36. The summed E-state index contributed by atoms with van der Waals surface area (Å²) in [6.07, 6.45) is 6.62. The van der Waals surface area contributed by atoms with Crippen molar-refractivity contribution in [2.75, 3.05) is 25.5 Å². The van der Waals surface area contributed by atoms with E-state index in [2.05, 4.69) is 17.3 Å². The highest BCUT2D eigenvalue weighted by Crippen LogP contribution is 2.28. The van der Waals surface area contributed by atoms with Gasteiger partial charge in [0.1, 0.15) is 0 Å². The summed E-state index contributed by atoms with van der Waals surface area (Å²) in [5.74, 6) is 0.678. The Morgan fingerprint density at radius 3 is 2.90 bits per heavy atom. The van der Waals surface area contributed by atoms with Crippen LogP contribution in [0.3, 0.4) is 0 Å². The Morgan fingerprint density at radius 2 is 2.25 bits per heavy atom. The second-order valence-electron chi connectivity index (χ2n) is 5.81. The molecule has 0 amide bonds. The summed E-state index contributed by atoms with van der Waals surface area (Å²) in [5.41, 5.74) is 0.854. The van der Waals surface area contributed by atoms with Crippen molar-refractivity contribution in [2.45, 2.75) is 45.2 Å². The highest BCUT2D eigenvalue weighted by atomic mass is 16.1. The fraction of sp³-hybridized carbons (Fsp3) is 0.733. The molecule has 2 atom stereocenters. The molecule has 1 aromatic rings. The second-order valence-corrected chi connectivity index (χ2v) is 5.81. The molecule has 1 aliphatic carbocycles. The van der Waals surface area contributed by atoms with Crippen LogP contribution >= 0.6 is 0 Å². The van der Waals surface area contributed by atoms with Crippen LogP contribution in [-0.2, 0) is 6.54 Å². The number of nitrogens with one attached hydrogen (secondary N) is 1. The van der Waals surface area contributed by atoms with Crippen molar-refractivity contribution in [3.63, 3.8) is 0 Å². The van der Waals surface area contributed by atoms with Gasteiger partial charge in [-0.2, -0.15) is 5.10 Å². The van der Waals surface area contributed by atoms with Crippen LogP contribution in [0.15, 0.2) is 17.1 Å². The van der Waals surface area contributed by atoms with E-state index in [0.717, 1.165) is 25.2 Å². The molecule has 0 spiro atoms. The van der Waals surface area contributed by atoms with Crippen LogP contribution in [0.2, 0.25) is 0 Å². The molecule has 2 rings (SSSR count). The molecule has 1 N–H and O–H groups in total. The molecule has 1 heterocycles. The predicted molar refractivity (Wildman–Crippen MR) is 82.2 cm³/mol. The first-order valence-electron chi connectivity index (χ1n) is 7.59. The van der Waals surface area contributed by atoms with E-state index in [-0.39, 0.29) is 5.56 Å². The van der Waals surface area contributed by atoms with Crippen LogP contribution in [0.4, 0.5) is 5.69 Å². The third kappa shape index (κ3) is 3.60. The molecule has 1 aromatic heterocycles. The zero-order valence-corrected chi connectivity index (χ0v) is 12.8. The number of hydrogen-bond donors (Lipinski definition) is 1. The zero-order valence-electron chi connectivity index (χ0n) is 12.8. The van der Waals surface area contributed by atoms with Gasteiger partial charge in [-0.25, -0.2) is 4.68 Å². The molecular weight excluding hydrogens is 252 g/mol. The van der Waals surface area contributed by atoms with Gasteiger partial charge in [0, 0.05) is 32.7 Å². The molecule has 0 saturated heterocycles. The highest BCUT2D eigenvalue weighted by Gasteiger charge is 2.26. The highest BCUT2D eigenvalue weighted by molar-refractivity contribution is 5.40. The molecular formula is C15H26N4O. The summed E-state index contributed by atoms with van der Waals surface area (Å²) >= 11 is 0. The van der Waals surface area contributed by atoms with E-state index in [4.69, 9.17) is 0 Å². The third-order valence-corrected chi connectivity index (χ3v) is 4.21. The molecule has 0 aromatic carbocycles. The lowest BCUT2D eigenvalue weighted by Gasteiger charge is -2.20. The lowest BCUT2D eigenvalue weighted by molar-refractivity contribution is 0.355. The van der Waals surface area contributed by atoms with Gasteiger partial charge in [0.25, 0.3) is 5.56 Å². The zero-order chi connectivity index (χ0) is 14.5. The molecule has 5 nitrogen and oxygen atoms in total. The van der Waals surface area contributed by atoms with Crippen molar-refractivity contribution in [2.24, 2.45) is 5.92 Å². The Labute approximate surface area is 121 Å². The molecule has 1 fully saturated rings. The second kappa shape index (κ2) is 6.88. The van der Waals surface area contributed by atoms with E-state index < -0.39 is 0 Å². The van der Waals surface area contributed by atoms with E-state index in [9.17, 15) is 4.79 Å². The van der Waals surface area contributed by atoms with Crippen LogP contribution in [0.25, 0.3) is 0 Å². The van der Waals surface area contributed by atoms with Gasteiger partial charge in [-0.1, -0.05) is 13.3 Å². The SMILES string of the molecule is CCNC1CCCC1CCn1ncc(N(C)C)cc1=O. The van der Waals surface area contributed by atoms with Gasteiger partial charge in [-0.3, -0.25) is 4.79 Å². The molecule has 112 valence electrons. The minimum atomic E-state index is -0.00537. The minimum Gasteiger partial charge on any atom is -0.376 e. The summed E-state index contributed by atoms with van der Waals surface area (Å²) in [7, 11) is 3.83. The van der Waals surface area contributed by atoms with Gasteiger partial charge in [0.15, 0.2) is 0 Å². The number of aryl methyl sites for hydroxylation is 1. The van der Waals surface area contributed by atoms with Crippen molar-refractivity contribution in [3.8, 4) is 0 Å². The van der Waals surface area contributed by atoms with E-state index in [1.807, 2.05) is 19.0 Å². The number of nitrogens with zero attached hydrogens (tertiary/aromatic N) is 3. The Morgan fingerprint density at radius 1 is 1.45 bits per heavy atom. The molecule has 0 bridgehead atoms. The minimum absolute atomic E-state index is 0.00537. The van der Waals surface area contributed by atoms with Gasteiger partial charge in [-0.15, -0.1) is 0 Å². The van der Waals surface area contributed by atoms with E-state index >= 15 is 0 Å². The van der Waals surface area contributed by atoms with Crippen molar-refractivity contribution >= 4 is 5.69 Å². The average Bonchev–Trinajstić information content (AvgIpc) is 2.85. The fourth-order valence-corrected chi connectivity index (χ4v) is 3.04. The van der Waals surface area contributed by atoms with Gasteiger partial charge in [0.05, 0.1) is 11.9 Å². The molecule has 1 aliphatic rings. The normalized spacial score (nSPS) is 22.1. The smallest absolute Gasteiger partial charge is 0.268 e. The first kappa shape index (κ1) is 15.0. The number of rotatable bonds is 6. The van der Waals surface area contributed by atoms with Crippen LogP contribution < -0.4 is 15.8 Å². The fourth-order valence-electron chi connectivity index (χ4n) is 3.04. The van der Waals surface area contributed by atoms with Crippen molar-refractivity contribution in [3.05, 3.63) is 22.6 Å². The average molecular weight is 278 g/mol. The quantitative estimate of drug-likeness (QED) is 0.856. The van der Waals surface area contributed by atoms with Crippen LogP contribution in [0.5, 0.6) is 0 Å². The molecule has 2 unspecified atom stereocenters. The standard InChI is InChI=1S/C15H26N4O/c1-4-16-14-7-5-6-12(14)8-9-19-15(20)10-13(11-17-19)18(2)3/h10-12,14,16H,4-9H2,1-3H3.